The average molecular weight is 399 g/mol. The number of urea groups is 1. The van der Waals surface area contributed by atoms with Gasteiger partial charge in [0.05, 0.1) is 32.0 Å². The lowest BCUT2D eigenvalue weighted by molar-refractivity contribution is 0.245. The molecule has 150 valence electrons. The average Bonchev–Trinajstić information content (AvgIpc) is 2.74. The van der Waals surface area contributed by atoms with Crippen molar-refractivity contribution in [3.63, 3.8) is 0 Å². The van der Waals surface area contributed by atoms with Gasteiger partial charge in [-0.2, -0.15) is 4.39 Å². The van der Waals surface area contributed by atoms with Crippen LogP contribution in [0.4, 0.5) is 14.9 Å². The van der Waals surface area contributed by atoms with Crippen LogP contribution in [0, 0.1) is 5.82 Å². The first-order chi connectivity index (χ1) is 14.0. The summed E-state index contributed by atoms with van der Waals surface area (Å²) in [5.41, 5.74) is 6.21. The number of pyridine rings is 1. The van der Waals surface area contributed by atoms with Crippen LogP contribution >= 0.6 is 0 Å². The first-order valence-electron chi connectivity index (χ1n) is 8.74. The number of hydrogen-bond acceptors (Lipinski definition) is 6. The van der Waals surface area contributed by atoms with Crippen LogP contribution in [0.1, 0.15) is 0 Å². The fourth-order valence-corrected chi connectivity index (χ4v) is 3.20. The van der Waals surface area contributed by atoms with Gasteiger partial charge in [0.1, 0.15) is 12.4 Å². The Morgan fingerprint density at radius 2 is 1.90 bits per heavy atom. The Morgan fingerprint density at radius 1 is 1.14 bits per heavy atom. The molecule has 2 aromatic carbocycles. The summed E-state index contributed by atoms with van der Waals surface area (Å²) in [5.74, 6) is 0.521. The van der Waals surface area contributed by atoms with E-state index in [0.29, 0.717) is 28.2 Å². The number of nitrogens with zero attached hydrogens (tertiary/aromatic N) is 2. The Balaban J connectivity index is 1.77. The highest BCUT2D eigenvalue weighted by molar-refractivity contribution is 5.93. The molecule has 0 fully saturated rings. The molecular formula is C20H18FN3O5. The van der Waals surface area contributed by atoms with Gasteiger partial charge in [-0.3, -0.25) is 9.88 Å². The van der Waals surface area contributed by atoms with Crippen molar-refractivity contribution in [3.05, 3.63) is 42.3 Å². The van der Waals surface area contributed by atoms with Crippen molar-refractivity contribution < 1.29 is 28.1 Å². The fourth-order valence-electron chi connectivity index (χ4n) is 3.20. The van der Waals surface area contributed by atoms with Gasteiger partial charge in [-0.15, -0.1) is 0 Å². The molecule has 2 N–H and O–H groups in total. The van der Waals surface area contributed by atoms with E-state index in [1.807, 2.05) is 0 Å². The smallest absolute Gasteiger partial charge is 0.319 e. The van der Waals surface area contributed by atoms with Crippen molar-refractivity contribution in [2.75, 3.05) is 32.3 Å². The predicted molar refractivity (Wildman–Crippen MR) is 104 cm³/mol. The second-order valence-corrected chi connectivity index (χ2v) is 6.20. The molecule has 1 aliphatic rings. The number of carbonyl (C=O) groups excluding carboxylic acids is 1. The van der Waals surface area contributed by atoms with Crippen LogP contribution in [-0.4, -0.2) is 38.4 Å². The number of amides is 2. The molecule has 3 aromatic rings. The van der Waals surface area contributed by atoms with Gasteiger partial charge >= 0.3 is 6.03 Å². The molecule has 0 saturated heterocycles. The molecule has 0 aliphatic carbocycles. The Hall–Kier alpha value is -3.75. The normalized spacial score (nSPS) is 12.9. The topological polar surface area (TPSA) is 96.1 Å². The highest BCUT2D eigenvalue weighted by Gasteiger charge is 2.27. The number of halogens is 1. The number of benzene rings is 2. The van der Waals surface area contributed by atoms with Gasteiger partial charge in [0.15, 0.2) is 23.0 Å². The lowest BCUT2D eigenvalue weighted by Gasteiger charge is -2.28. The van der Waals surface area contributed by atoms with E-state index in [1.165, 1.54) is 31.3 Å². The summed E-state index contributed by atoms with van der Waals surface area (Å²) in [6.45, 7) is 0.379. The summed E-state index contributed by atoms with van der Waals surface area (Å²) < 4.78 is 36.9. The third-order valence-corrected chi connectivity index (χ3v) is 4.59. The van der Waals surface area contributed by atoms with Gasteiger partial charge in [-0.1, -0.05) is 0 Å². The molecule has 0 spiro atoms. The number of aromatic nitrogens is 1. The number of fused-ring (bicyclic) bond motifs is 2. The maximum atomic E-state index is 15.1. The second-order valence-electron chi connectivity index (χ2n) is 6.20. The number of nitrogens with two attached hydrogens (primary N) is 1. The van der Waals surface area contributed by atoms with Gasteiger partial charge < -0.3 is 24.7 Å². The molecule has 0 saturated carbocycles. The SMILES string of the molecule is COc1cc2nccc(Oc3ccc4c(c3F)OCCN4C(N)=O)c2cc1OC. The lowest BCUT2D eigenvalue weighted by atomic mass is 10.1. The first kappa shape index (κ1) is 18.6. The van der Waals surface area contributed by atoms with Crippen molar-refractivity contribution in [1.82, 2.24) is 4.98 Å². The molecule has 29 heavy (non-hydrogen) atoms. The Morgan fingerprint density at radius 3 is 2.62 bits per heavy atom. The zero-order valence-corrected chi connectivity index (χ0v) is 15.8. The van der Waals surface area contributed by atoms with Gasteiger partial charge in [0.2, 0.25) is 5.82 Å². The van der Waals surface area contributed by atoms with E-state index in [4.69, 9.17) is 24.7 Å². The quantitative estimate of drug-likeness (QED) is 0.722. The van der Waals surface area contributed by atoms with Crippen LogP contribution in [0.2, 0.25) is 0 Å². The zero-order chi connectivity index (χ0) is 20.5. The second kappa shape index (κ2) is 7.34. The minimum atomic E-state index is -0.723. The maximum absolute atomic E-state index is 15.1. The summed E-state index contributed by atoms with van der Waals surface area (Å²) in [5, 5.41) is 0.613. The molecule has 1 aromatic heterocycles. The van der Waals surface area contributed by atoms with Gasteiger partial charge in [0, 0.05) is 17.6 Å². The van der Waals surface area contributed by atoms with E-state index in [2.05, 4.69) is 4.98 Å². The minimum absolute atomic E-state index is 0.0580. The lowest BCUT2D eigenvalue weighted by Crippen LogP contribution is -2.41. The van der Waals surface area contributed by atoms with E-state index < -0.39 is 11.8 Å². The van der Waals surface area contributed by atoms with Crippen LogP contribution in [-0.2, 0) is 0 Å². The standard InChI is InChI=1S/C20H18FN3O5/c1-26-16-9-11-12(10-17(16)27-2)23-6-5-14(11)29-15-4-3-13-19(18(15)21)28-8-7-24(13)20(22)25/h3-6,9-10H,7-8H2,1-2H3,(H2,22,25). The van der Waals surface area contributed by atoms with Gasteiger partial charge in [-0.25, -0.2) is 4.79 Å². The molecule has 2 heterocycles. The third-order valence-electron chi connectivity index (χ3n) is 4.59. The van der Waals surface area contributed by atoms with Crippen molar-refractivity contribution in [2.24, 2.45) is 5.73 Å². The molecule has 1 aliphatic heterocycles. The van der Waals surface area contributed by atoms with E-state index in [0.717, 1.165) is 0 Å². The molecular weight excluding hydrogens is 381 g/mol. The van der Waals surface area contributed by atoms with E-state index >= 15 is 4.39 Å². The summed E-state index contributed by atoms with van der Waals surface area (Å²) in [6.07, 6.45) is 1.55. The monoisotopic (exact) mass is 399 g/mol. The van der Waals surface area contributed by atoms with Crippen molar-refractivity contribution in [2.45, 2.75) is 0 Å². The minimum Gasteiger partial charge on any atom is -0.493 e. The highest BCUT2D eigenvalue weighted by Crippen LogP contribution is 2.42. The maximum Gasteiger partial charge on any atom is 0.319 e. The largest absolute Gasteiger partial charge is 0.493 e. The summed E-state index contributed by atoms with van der Waals surface area (Å²) in [6, 6.07) is 7.31. The predicted octanol–water partition coefficient (Wildman–Crippen LogP) is 3.46. The number of primary amides is 1. The van der Waals surface area contributed by atoms with Crippen molar-refractivity contribution >= 4 is 22.6 Å². The number of carbonyl (C=O) groups is 1. The molecule has 0 unspecified atom stereocenters. The molecule has 0 bridgehead atoms. The van der Waals surface area contributed by atoms with Gasteiger partial charge in [0.25, 0.3) is 0 Å². The fraction of sp³-hybridized carbons (Fsp3) is 0.200. The number of hydrogen-bond donors (Lipinski definition) is 1. The zero-order valence-electron chi connectivity index (χ0n) is 15.8. The van der Waals surface area contributed by atoms with Crippen molar-refractivity contribution in [1.29, 1.82) is 0 Å². The molecule has 8 nitrogen and oxygen atoms in total. The number of ether oxygens (including phenoxy) is 4. The number of anilines is 1. The van der Waals surface area contributed by atoms with Gasteiger partial charge in [-0.05, 0) is 24.3 Å². The van der Waals surface area contributed by atoms with E-state index in [1.54, 1.807) is 24.4 Å². The van der Waals surface area contributed by atoms with Crippen LogP contribution in [0.15, 0.2) is 36.5 Å². The Bertz CT molecular complexity index is 1110. The number of rotatable bonds is 4. The van der Waals surface area contributed by atoms with Crippen LogP contribution in [0.3, 0.4) is 0 Å². The van der Waals surface area contributed by atoms with E-state index in [-0.39, 0.29) is 30.3 Å². The van der Waals surface area contributed by atoms with E-state index in [9.17, 15) is 4.79 Å². The highest BCUT2D eigenvalue weighted by atomic mass is 19.1. The summed E-state index contributed by atoms with van der Waals surface area (Å²) >= 11 is 0. The van der Waals surface area contributed by atoms with Crippen molar-refractivity contribution in [3.8, 4) is 28.7 Å². The summed E-state index contributed by atoms with van der Waals surface area (Å²) in [4.78, 5) is 17.1. The summed E-state index contributed by atoms with van der Waals surface area (Å²) in [7, 11) is 3.05. The molecule has 2 amide bonds. The first-order valence-corrected chi connectivity index (χ1v) is 8.74. The third kappa shape index (κ3) is 3.20. The van der Waals surface area contributed by atoms with Crippen LogP contribution < -0.4 is 29.6 Å². The molecule has 4 rings (SSSR count). The Kier molecular flexibility index (Phi) is 4.71. The molecule has 0 atom stereocenters. The Labute approximate surface area is 165 Å². The van der Waals surface area contributed by atoms with Crippen LogP contribution in [0.25, 0.3) is 10.9 Å². The number of methoxy groups -OCH3 is 2. The molecule has 9 heteroatoms. The van der Waals surface area contributed by atoms with Crippen LogP contribution in [0.5, 0.6) is 28.7 Å². The molecule has 0 radical (unpaired) electrons.